The third-order valence-corrected chi connectivity index (χ3v) is 2.87. The van der Waals surface area contributed by atoms with E-state index in [1.54, 1.807) is 0 Å². The molecule has 0 saturated heterocycles. The summed E-state index contributed by atoms with van der Waals surface area (Å²) in [6, 6.07) is 0. The van der Waals surface area contributed by atoms with Crippen LogP contribution in [0.1, 0.15) is 25.7 Å². The van der Waals surface area contributed by atoms with Gasteiger partial charge in [-0.25, -0.2) is 0 Å². The first-order valence-electron chi connectivity index (χ1n) is 4.59. The van der Waals surface area contributed by atoms with Crippen molar-refractivity contribution in [3.8, 4) is 0 Å². The molecule has 14 heavy (non-hydrogen) atoms. The van der Waals surface area contributed by atoms with Gasteiger partial charge in [0.05, 0.1) is 0 Å². The molecule has 5 heteroatoms. The van der Waals surface area contributed by atoms with E-state index in [4.69, 9.17) is 4.74 Å². The summed E-state index contributed by atoms with van der Waals surface area (Å²) >= 11 is 3.00. The molecule has 1 saturated carbocycles. The number of aliphatic carboxylic acids is 1. The average molecular weight is 264 g/mol. The minimum Gasteiger partial charge on any atom is -0.550 e. The van der Waals surface area contributed by atoms with E-state index in [0.717, 1.165) is 0 Å². The van der Waals surface area contributed by atoms with Crippen LogP contribution in [0.25, 0.3) is 0 Å². The van der Waals surface area contributed by atoms with Crippen molar-refractivity contribution >= 4 is 27.9 Å². The number of carbonyl (C=O) groups is 2. The Morgan fingerprint density at radius 1 is 1.29 bits per heavy atom. The topological polar surface area (TPSA) is 66.4 Å². The van der Waals surface area contributed by atoms with Gasteiger partial charge in [-0.1, -0.05) is 15.9 Å². The first-order valence-corrected chi connectivity index (χ1v) is 5.72. The van der Waals surface area contributed by atoms with E-state index in [1.807, 2.05) is 0 Å². The molecule has 80 valence electrons. The lowest BCUT2D eigenvalue weighted by Gasteiger charge is -2.28. The van der Waals surface area contributed by atoms with Gasteiger partial charge in [-0.15, -0.1) is 0 Å². The van der Waals surface area contributed by atoms with Gasteiger partial charge in [0.15, 0.2) is 0 Å². The zero-order valence-electron chi connectivity index (χ0n) is 7.70. The zero-order valence-corrected chi connectivity index (χ0v) is 9.29. The maximum atomic E-state index is 10.9. The molecule has 0 aromatic heterocycles. The Morgan fingerprint density at radius 2 is 1.86 bits per heavy atom. The Morgan fingerprint density at radius 3 is 2.29 bits per heavy atom. The van der Waals surface area contributed by atoms with E-state index in [9.17, 15) is 14.7 Å². The highest BCUT2D eigenvalue weighted by atomic mass is 79.9. The maximum absolute atomic E-state index is 10.9. The number of rotatable bonds is 3. The number of esters is 1. The molecule has 0 aromatic rings. The van der Waals surface area contributed by atoms with Crippen LogP contribution in [0.4, 0.5) is 0 Å². The fourth-order valence-corrected chi connectivity index (χ4v) is 1.77. The molecular weight excluding hydrogens is 252 g/mol. The number of hydrogen-bond donors (Lipinski definition) is 0. The van der Waals surface area contributed by atoms with Crippen molar-refractivity contribution in [3.63, 3.8) is 0 Å². The summed E-state index contributed by atoms with van der Waals surface area (Å²) in [6.07, 6.45) is 2.22. The number of hydrogen-bond acceptors (Lipinski definition) is 4. The van der Waals surface area contributed by atoms with Crippen molar-refractivity contribution in [1.82, 2.24) is 0 Å². The van der Waals surface area contributed by atoms with Crippen molar-refractivity contribution in [2.75, 3.05) is 5.33 Å². The van der Waals surface area contributed by atoms with Crippen LogP contribution in [-0.2, 0) is 14.3 Å². The molecule has 0 spiro atoms. The summed E-state index contributed by atoms with van der Waals surface area (Å²) in [4.78, 5) is 21.4. The first-order chi connectivity index (χ1) is 6.63. The zero-order chi connectivity index (χ0) is 10.6. The lowest BCUT2D eigenvalue weighted by molar-refractivity contribution is -0.312. The SMILES string of the molecule is O=C(CBr)OC1CCC(C(=O)[O-])CC1. The van der Waals surface area contributed by atoms with Crippen molar-refractivity contribution < 1.29 is 19.4 Å². The molecule has 0 aliphatic heterocycles. The molecule has 4 nitrogen and oxygen atoms in total. The number of alkyl halides is 1. The van der Waals surface area contributed by atoms with Gasteiger partial charge in [-0.2, -0.15) is 0 Å². The van der Waals surface area contributed by atoms with Crippen LogP contribution in [0.15, 0.2) is 0 Å². The highest BCUT2D eigenvalue weighted by Crippen LogP contribution is 2.25. The number of halogens is 1. The second kappa shape index (κ2) is 5.34. The van der Waals surface area contributed by atoms with Crippen LogP contribution >= 0.6 is 15.9 Å². The van der Waals surface area contributed by atoms with E-state index in [0.29, 0.717) is 25.7 Å². The summed E-state index contributed by atoms with van der Waals surface area (Å²) < 4.78 is 5.07. The highest BCUT2D eigenvalue weighted by molar-refractivity contribution is 9.09. The van der Waals surface area contributed by atoms with Crippen molar-refractivity contribution in [1.29, 1.82) is 0 Å². The van der Waals surface area contributed by atoms with Gasteiger partial charge in [0.1, 0.15) is 11.4 Å². The Bertz CT molecular complexity index is 221. The van der Waals surface area contributed by atoms with Gasteiger partial charge >= 0.3 is 5.97 Å². The van der Waals surface area contributed by atoms with Gasteiger partial charge in [0.25, 0.3) is 0 Å². The number of carboxylic acid groups (broad SMARTS) is 1. The molecule has 0 bridgehead atoms. The monoisotopic (exact) mass is 263 g/mol. The van der Waals surface area contributed by atoms with Crippen LogP contribution in [0.2, 0.25) is 0 Å². The minimum atomic E-state index is -0.990. The van der Waals surface area contributed by atoms with Crippen LogP contribution in [0.5, 0.6) is 0 Å². The largest absolute Gasteiger partial charge is 0.550 e. The number of carbonyl (C=O) groups excluding carboxylic acids is 2. The number of carboxylic acids is 1. The van der Waals surface area contributed by atoms with Crippen LogP contribution < -0.4 is 5.11 Å². The second-order valence-electron chi connectivity index (χ2n) is 3.42. The van der Waals surface area contributed by atoms with Crippen LogP contribution in [-0.4, -0.2) is 23.4 Å². The predicted octanol–water partition coefficient (Wildman–Crippen LogP) is 0.233. The van der Waals surface area contributed by atoms with Crippen molar-refractivity contribution in [2.45, 2.75) is 31.8 Å². The molecule has 1 rings (SSSR count). The third kappa shape index (κ3) is 3.29. The van der Waals surface area contributed by atoms with Gasteiger partial charge in [0.2, 0.25) is 0 Å². The minimum absolute atomic E-state index is 0.115. The summed E-state index contributed by atoms with van der Waals surface area (Å²) in [5.74, 6) is -1.65. The molecule has 1 aliphatic carbocycles. The van der Waals surface area contributed by atoms with Crippen LogP contribution in [0, 0.1) is 5.92 Å². The second-order valence-corrected chi connectivity index (χ2v) is 3.98. The Kier molecular flexibility index (Phi) is 4.38. The quantitative estimate of drug-likeness (QED) is 0.540. The lowest BCUT2D eigenvalue weighted by atomic mass is 9.87. The highest BCUT2D eigenvalue weighted by Gasteiger charge is 2.23. The van der Waals surface area contributed by atoms with Crippen molar-refractivity contribution in [3.05, 3.63) is 0 Å². The Balaban J connectivity index is 2.29. The lowest BCUT2D eigenvalue weighted by Crippen LogP contribution is -2.35. The van der Waals surface area contributed by atoms with Gasteiger partial charge in [0, 0.05) is 5.97 Å². The van der Waals surface area contributed by atoms with Crippen molar-refractivity contribution in [2.24, 2.45) is 5.92 Å². The van der Waals surface area contributed by atoms with Gasteiger partial charge < -0.3 is 14.6 Å². The standard InChI is InChI=1S/C9H13BrO4/c10-5-8(11)14-7-3-1-6(2-4-7)9(12)13/h6-7H,1-5H2,(H,12,13)/p-1. The van der Waals surface area contributed by atoms with E-state index >= 15 is 0 Å². The summed E-state index contributed by atoms with van der Waals surface area (Å²) in [5, 5.41) is 10.7. The maximum Gasteiger partial charge on any atom is 0.316 e. The molecule has 0 unspecified atom stereocenters. The number of ether oxygens (including phenoxy) is 1. The molecular formula is C9H12BrO4-. The smallest absolute Gasteiger partial charge is 0.316 e. The summed E-state index contributed by atoms with van der Waals surface area (Å²) in [5.41, 5.74) is 0. The molecule has 0 radical (unpaired) electrons. The predicted molar refractivity (Wildman–Crippen MR) is 50.6 cm³/mol. The molecule has 1 fully saturated rings. The van der Waals surface area contributed by atoms with E-state index in [1.165, 1.54) is 0 Å². The van der Waals surface area contributed by atoms with E-state index in [2.05, 4.69) is 15.9 Å². The van der Waals surface area contributed by atoms with Crippen LogP contribution in [0.3, 0.4) is 0 Å². The summed E-state index contributed by atoms with van der Waals surface area (Å²) in [6.45, 7) is 0. The van der Waals surface area contributed by atoms with Gasteiger partial charge in [-0.05, 0) is 31.6 Å². The molecule has 0 N–H and O–H groups in total. The third-order valence-electron chi connectivity index (χ3n) is 2.41. The Labute approximate surface area is 90.8 Å². The molecule has 0 aromatic carbocycles. The van der Waals surface area contributed by atoms with E-state index < -0.39 is 5.97 Å². The molecule has 0 amide bonds. The molecule has 0 heterocycles. The van der Waals surface area contributed by atoms with E-state index in [-0.39, 0.29) is 23.3 Å². The first kappa shape index (κ1) is 11.5. The Hall–Kier alpha value is -0.580. The average Bonchev–Trinajstić information content (AvgIpc) is 2.18. The summed E-state index contributed by atoms with van der Waals surface area (Å²) in [7, 11) is 0. The molecule has 1 aliphatic rings. The normalized spacial score (nSPS) is 26.9. The fraction of sp³-hybridized carbons (Fsp3) is 0.778. The molecule has 0 atom stereocenters. The van der Waals surface area contributed by atoms with Gasteiger partial charge in [-0.3, -0.25) is 4.79 Å². The fourth-order valence-electron chi connectivity index (χ4n) is 1.63.